The van der Waals surface area contributed by atoms with Crippen molar-refractivity contribution in [3.63, 3.8) is 0 Å². The molecule has 0 bridgehead atoms. The highest BCUT2D eigenvalue weighted by Gasteiger charge is 2.67. The van der Waals surface area contributed by atoms with Crippen LogP contribution in [0.5, 0.6) is 0 Å². The van der Waals surface area contributed by atoms with E-state index in [0.717, 1.165) is 5.69 Å². The van der Waals surface area contributed by atoms with Crippen LogP contribution in [0.1, 0.15) is 12.0 Å². The highest BCUT2D eigenvalue weighted by atomic mass is 28.4. The molecule has 11 heteroatoms. The van der Waals surface area contributed by atoms with E-state index in [9.17, 15) is 0 Å². The second kappa shape index (κ2) is 9.54. The summed E-state index contributed by atoms with van der Waals surface area (Å²) in [5.74, 6) is 0. The largest absolute Gasteiger partial charge is 0.533 e. The molecule has 2 unspecified atom stereocenters. The van der Waals surface area contributed by atoms with Gasteiger partial charge in [0.25, 0.3) is 0 Å². The Morgan fingerprint density at radius 1 is 0.929 bits per heavy atom. The molecule has 2 rings (SSSR count). The molecule has 2 atom stereocenters. The van der Waals surface area contributed by atoms with Crippen LogP contribution in [0.4, 0.5) is 5.69 Å². The second-order valence-corrected chi connectivity index (χ2v) is 12.9. The average Bonchev–Trinajstić information content (AvgIpc) is 3.18. The Labute approximate surface area is 169 Å². The monoisotopic (exact) mass is 429 g/mol. The third-order valence-electron chi connectivity index (χ3n) is 5.19. The van der Waals surface area contributed by atoms with Crippen LogP contribution < -0.4 is 5.32 Å². The summed E-state index contributed by atoms with van der Waals surface area (Å²) >= 11 is 0. The van der Waals surface area contributed by atoms with Crippen LogP contribution in [-0.4, -0.2) is 77.6 Å². The zero-order chi connectivity index (χ0) is 20.8. The Morgan fingerprint density at radius 2 is 1.46 bits per heavy atom. The van der Waals surface area contributed by atoms with E-state index < -0.39 is 22.8 Å². The van der Waals surface area contributed by atoms with Crippen molar-refractivity contribution >= 4 is 23.3 Å². The lowest BCUT2D eigenvalue weighted by atomic mass is 10.2. The lowest BCUT2D eigenvalue weighted by Gasteiger charge is -2.39. The average molecular weight is 430 g/mol. The van der Waals surface area contributed by atoms with Gasteiger partial charge in [-0.05, 0) is 19.1 Å². The Hall–Kier alpha value is -1.19. The first-order valence-corrected chi connectivity index (χ1v) is 12.5. The molecule has 0 spiro atoms. The van der Waals surface area contributed by atoms with Gasteiger partial charge >= 0.3 is 17.6 Å². The predicted octanol–water partition coefficient (Wildman–Crippen LogP) is 2.20. The third kappa shape index (κ3) is 4.07. The summed E-state index contributed by atoms with van der Waals surface area (Å²) in [6.45, 7) is 2.46. The first-order valence-electron chi connectivity index (χ1n) is 8.93. The van der Waals surface area contributed by atoms with Crippen molar-refractivity contribution in [2.45, 2.75) is 24.2 Å². The molecule has 0 aliphatic carbocycles. The minimum absolute atomic E-state index is 0.389. The van der Waals surface area contributed by atoms with E-state index in [-0.39, 0.29) is 5.67 Å². The molecule has 1 heterocycles. The van der Waals surface area contributed by atoms with Gasteiger partial charge in [0.15, 0.2) is 5.16 Å². The molecule has 0 amide bonds. The van der Waals surface area contributed by atoms with Crippen LogP contribution in [0.15, 0.2) is 34.5 Å². The minimum Gasteiger partial charge on any atom is -0.383 e. The van der Waals surface area contributed by atoms with E-state index in [1.54, 1.807) is 42.7 Å². The maximum atomic E-state index is 5.79. The van der Waals surface area contributed by atoms with Gasteiger partial charge in [0.05, 0.1) is 0 Å². The molecule has 0 saturated carbocycles. The molecule has 1 aliphatic rings. The fourth-order valence-corrected chi connectivity index (χ4v) is 8.45. The van der Waals surface area contributed by atoms with E-state index in [1.165, 1.54) is 5.56 Å². The number of hydrogen-bond acceptors (Lipinski definition) is 9. The van der Waals surface area contributed by atoms with Gasteiger partial charge in [0.2, 0.25) is 0 Å². The maximum absolute atomic E-state index is 5.79. The van der Waals surface area contributed by atoms with Gasteiger partial charge in [0, 0.05) is 61.3 Å². The Morgan fingerprint density at radius 3 is 1.93 bits per heavy atom. The summed E-state index contributed by atoms with van der Waals surface area (Å²) in [6, 6.07) is 8.11. The van der Waals surface area contributed by atoms with E-state index in [0.29, 0.717) is 13.0 Å². The van der Waals surface area contributed by atoms with Crippen LogP contribution in [0, 0.1) is 6.92 Å². The first-order chi connectivity index (χ1) is 13.4. The number of rotatable bonds is 11. The van der Waals surface area contributed by atoms with Crippen LogP contribution in [0.2, 0.25) is 0 Å². The summed E-state index contributed by atoms with van der Waals surface area (Å²) in [6.07, 6.45) is 0.454. The van der Waals surface area contributed by atoms with Crippen LogP contribution in [0.25, 0.3) is 0 Å². The summed E-state index contributed by atoms with van der Waals surface area (Å²) in [4.78, 5) is 0. The standard InChI is InChI=1S/C17H31N3O6Si2/c1-14-8-10-15(11-9-14)18-13-17(28(24-5,25-6)26-7)12-16(19-20-17)27(21-2,22-3)23-4/h8-11,16,18H,12-13H2,1-7H3. The third-order valence-corrected chi connectivity index (χ3v) is 11.3. The number of anilines is 1. The highest BCUT2D eigenvalue weighted by molar-refractivity contribution is 6.66. The van der Waals surface area contributed by atoms with E-state index in [2.05, 4.69) is 15.5 Å². The van der Waals surface area contributed by atoms with Gasteiger partial charge < -0.3 is 31.9 Å². The lowest BCUT2D eigenvalue weighted by Crippen LogP contribution is -2.66. The number of aryl methyl sites for hydroxylation is 1. The van der Waals surface area contributed by atoms with Crippen molar-refractivity contribution in [1.82, 2.24) is 0 Å². The first kappa shape index (κ1) is 23.1. The molecule has 1 aliphatic heterocycles. The van der Waals surface area contributed by atoms with Gasteiger partial charge in [-0.15, -0.1) is 0 Å². The normalized spacial score (nSPS) is 22.6. The topological polar surface area (TPSA) is 92.1 Å². The van der Waals surface area contributed by atoms with Crippen LogP contribution >= 0.6 is 0 Å². The molecule has 9 nitrogen and oxygen atoms in total. The second-order valence-electron chi connectivity index (χ2n) is 6.57. The van der Waals surface area contributed by atoms with Crippen LogP contribution in [0.3, 0.4) is 0 Å². The van der Waals surface area contributed by atoms with Crippen molar-refractivity contribution in [3.05, 3.63) is 29.8 Å². The van der Waals surface area contributed by atoms with Gasteiger partial charge in [-0.1, -0.05) is 17.7 Å². The predicted molar refractivity (Wildman–Crippen MR) is 109 cm³/mol. The highest BCUT2D eigenvalue weighted by Crippen LogP contribution is 2.40. The van der Waals surface area contributed by atoms with Crippen LogP contribution in [-0.2, 0) is 26.6 Å². The van der Waals surface area contributed by atoms with Crippen molar-refractivity contribution in [1.29, 1.82) is 0 Å². The van der Waals surface area contributed by atoms with E-state index in [1.807, 2.05) is 31.2 Å². The molecule has 1 aromatic carbocycles. The molecule has 28 heavy (non-hydrogen) atoms. The van der Waals surface area contributed by atoms with Crippen molar-refractivity contribution in [3.8, 4) is 0 Å². The van der Waals surface area contributed by atoms with E-state index >= 15 is 0 Å². The molecular formula is C17H31N3O6Si2. The summed E-state index contributed by atoms with van der Waals surface area (Å²) in [5, 5.41) is 11.7. The maximum Gasteiger partial charge on any atom is 0.533 e. The number of nitrogens with one attached hydrogen (secondary N) is 1. The fraction of sp³-hybridized carbons (Fsp3) is 0.647. The lowest BCUT2D eigenvalue weighted by molar-refractivity contribution is 0.0895. The summed E-state index contributed by atoms with van der Waals surface area (Å²) < 4.78 is 34.2. The van der Waals surface area contributed by atoms with Crippen molar-refractivity contribution in [2.24, 2.45) is 10.2 Å². The smallest absolute Gasteiger partial charge is 0.383 e. The van der Waals surface area contributed by atoms with Gasteiger partial charge in [-0.25, -0.2) is 0 Å². The zero-order valence-electron chi connectivity index (χ0n) is 17.6. The van der Waals surface area contributed by atoms with Crippen molar-refractivity contribution in [2.75, 3.05) is 54.5 Å². The Balaban J connectivity index is 2.36. The number of hydrogen-bond donors (Lipinski definition) is 1. The fourth-order valence-electron chi connectivity index (χ4n) is 3.58. The number of benzene rings is 1. The Kier molecular flexibility index (Phi) is 7.87. The zero-order valence-corrected chi connectivity index (χ0v) is 19.6. The summed E-state index contributed by atoms with van der Waals surface area (Å²) in [5.41, 5.74) is 1.76. The Bertz CT molecular complexity index is 638. The molecular weight excluding hydrogens is 398 g/mol. The van der Waals surface area contributed by atoms with Gasteiger partial charge in [-0.2, -0.15) is 10.2 Å². The summed E-state index contributed by atoms with van der Waals surface area (Å²) in [7, 11) is 3.14. The minimum atomic E-state index is -3.23. The molecule has 1 aromatic rings. The number of nitrogens with zero attached hydrogens (tertiary/aromatic N) is 2. The molecule has 158 valence electrons. The van der Waals surface area contributed by atoms with E-state index in [4.69, 9.17) is 26.6 Å². The van der Waals surface area contributed by atoms with Crippen molar-refractivity contribution < 1.29 is 26.6 Å². The SMILES string of the molecule is CO[Si](OC)(OC)C1CC(CNc2ccc(C)cc2)([Si](OC)(OC)OC)N=N1. The van der Waals surface area contributed by atoms with Gasteiger partial charge in [0.1, 0.15) is 5.67 Å². The molecule has 0 saturated heterocycles. The quantitative estimate of drug-likeness (QED) is 0.539. The van der Waals surface area contributed by atoms with Gasteiger partial charge in [-0.3, -0.25) is 0 Å². The number of azo groups is 1. The molecule has 0 radical (unpaired) electrons. The molecule has 0 fully saturated rings. The molecule has 1 N–H and O–H groups in total. The molecule has 0 aromatic heterocycles.